The molecule has 2 fully saturated rings. The minimum absolute atomic E-state index is 0.225. The Balaban J connectivity index is 1.27. The average molecular weight is 486 g/mol. The summed E-state index contributed by atoms with van der Waals surface area (Å²) in [6.07, 6.45) is 4.24. The van der Waals surface area contributed by atoms with Gasteiger partial charge in [0.25, 0.3) is 5.91 Å². The van der Waals surface area contributed by atoms with E-state index in [2.05, 4.69) is 24.9 Å². The van der Waals surface area contributed by atoms with E-state index in [0.29, 0.717) is 16.9 Å². The predicted octanol–water partition coefficient (Wildman–Crippen LogP) is 3.78. The van der Waals surface area contributed by atoms with E-state index in [0.717, 1.165) is 60.2 Å². The number of fused-ring (bicyclic) bond motifs is 2. The number of H-pyrrole nitrogens is 1. The molecule has 0 radical (unpaired) electrons. The van der Waals surface area contributed by atoms with Gasteiger partial charge in [-0.2, -0.15) is 5.10 Å². The number of nitrogens with zero attached hydrogens (tertiary/aromatic N) is 6. The zero-order valence-electron chi connectivity index (χ0n) is 20.4. The summed E-state index contributed by atoms with van der Waals surface area (Å²) in [6.45, 7) is 5.78. The fourth-order valence-electron chi connectivity index (χ4n) is 5.82. The average Bonchev–Trinajstić information content (AvgIpc) is 3.47. The first-order chi connectivity index (χ1) is 17.5. The number of piperazine rings is 1. The monoisotopic (exact) mass is 485 g/mol. The molecule has 0 bridgehead atoms. The van der Waals surface area contributed by atoms with Crippen molar-refractivity contribution in [2.24, 2.45) is 7.05 Å². The van der Waals surface area contributed by atoms with Crippen LogP contribution in [0, 0.1) is 12.7 Å². The van der Waals surface area contributed by atoms with Crippen molar-refractivity contribution in [3.8, 4) is 0 Å². The van der Waals surface area contributed by atoms with Crippen LogP contribution in [0.2, 0.25) is 0 Å². The van der Waals surface area contributed by atoms with Crippen LogP contribution < -0.4 is 9.80 Å². The topological polar surface area (TPSA) is 73.3 Å². The molecular formula is C27H28FN7O. The third-order valence-corrected chi connectivity index (χ3v) is 8.04. The Labute approximate surface area is 208 Å². The van der Waals surface area contributed by atoms with Crippen molar-refractivity contribution in [3.63, 3.8) is 0 Å². The fourth-order valence-corrected chi connectivity index (χ4v) is 5.82. The van der Waals surface area contributed by atoms with Crippen LogP contribution in [0.4, 0.5) is 15.8 Å². The maximum Gasteiger partial charge on any atom is 0.280 e. The van der Waals surface area contributed by atoms with Gasteiger partial charge >= 0.3 is 0 Å². The summed E-state index contributed by atoms with van der Waals surface area (Å²) < 4.78 is 17.6. The van der Waals surface area contributed by atoms with Gasteiger partial charge in [0.1, 0.15) is 5.82 Å². The van der Waals surface area contributed by atoms with Crippen molar-refractivity contribution in [2.45, 2.75) is 31.8 Å². The molecule has 2 aliphatic heterocycles. The van der Waals surface area contributed by atoms with Gasteiger partial charge in [-0.1, -0.05) is 6.07 Å². The molecule has 7 rings (SSSR count). The molecule has 1 atom stereocenters. The quantitative estimate of drug-likeness (QED) is 0.476. The van der Waals surface area contributed by atoms with Crippen LogP contribution in [-0.4, -0.2) is 62.8 Å². The number of aryl methyl sites for hydroxylation is 1. The minimum atomic E-state index is -0.595. The number of amides is 1. The molecule has 2 aromatic heterocycles. The third-order valence-electron chi connectivity index (χ3n) is 8.04. The van der Waals surface area contributed by atoms with E-state index in [4.69, 9.17) is 0 Å². The number of hydrogen-bond donors (Lipinski definition) is 1. The lowest BCUT2D eigenvalue weighted by atomic mass is 9.97. The van der Waals surface area contributed by atoms with Gasteiger partial charge in [0.2, 0.25) is 0 Å². The molecule has 4 aromatic rings. The van der Waals surface area contributed by atoms with Gasteiger partial charge in [-0.05, 0) is 50.1 Å². The smallest absolute Gasteiger partial charge is 0.280 e. The number of nitrogens with one attached hydrogen (secondary N) is 1. The SMILES string of the molecule is Cc1c2c(nn1C)C(=O)N(c1ccc3nc[nH]c3c1)C2c1ccc(N2CCN(C3CC3)CC2)cc1F. The lowest BCUT2D eigenvalue weighted by molar-refractivity contribution is 0.0988. The number of aromatic amines is 1. The predicted molar refractivity (Wildman–Crippen MR) is 136 cm³/mol. The molecule has 1 unspecified atom stereocenters. The second kappa shape index (κ2) is 7.89. The maximum absolute atomic E-state index is 15.9. The van der Waals surface area contributed by atoms with Crippen LogP contribution >= 0.6 is 0 Å². The maximum atomic E-state index is 15.9. The lowest BCUT2D eigenvalue weighted by Crippen LogP contribution is -2.47. The molecule has 1 saturated heterocycles. The van der Waals surface area contributed by atoms with Gasteiger partial charge in [0, 0.05) is 67.5 Å². The van der Waals surface area contributed by atoms with Crippen molar-refractivity contribution in [1.82, 2.24) is 24.6 Å². The number of anilines is 2. The van der Waals surface area contributed by atoms with E-state index in [1.54, 1.807) is 22.0 Å². The minimum Gasteiger partial charge on any atom is -0.369 e. The summed E-state index contributed by atoms with van der Waals surface area (Å²) in [7, 11) is 1.82. The zero-order chi connectivity index (χ0) is 24.6. The standard InChI is InChI=1S/C27H28FN7O/c1-16-24-25(31-32(16)2)27(36)35(19-6-8-22-23(14-19)30-15-29-22)26(24)20-7-5-18(13-21(20)28)34-11-9-33(10-12-34)17-3-4-17/h5-8,13-15,17,26H,3-4,9-12H2,1-2H3,(H,29,30). The molecule has 36 heavy (non-hydrogen) atoms. The third kappa shape index (κ3) is 3.26. The summed E-state index contributed by atoms with van der Waals surface area (Å²) in [5.74, 6) is -0.532. The summed E-state index contributed by atoms with van der Waals surface area (Å²) >= 11 is 0. The number of carbonyl (C=O) groups is 1. The Hall–Kier alpha value is -3.72. The summed E-state index contributed by atoms with van der Waals surface area (Å²) in [5.41, 5.74) is 5.68. The first-order valence-corrected chi connectivity index (χ1v) is 12.6. The molecule has 4 heterocycles. The van der Waals surface area contributed by atoms with Crippen LogP contribution in [0.1, 0.15) is 46.2 Å². The second-order valence-corrected chi connectivity index (χ2v) is 10.1. The first-order valence-electron chi connectivity index (χ1n) is 12.6. The number of imidazole rings is 1. The van der Waals surface area contributed by atoms with Crippen molar-refractivity contribution in [1.29, 1.82) is 0 Å². The molecule has 184 valence electrons. The molecule has 3 aliphatic rings. The van der Waals surface area contributed by atoms with E-state index in [9.17, 15) is 4.79 Å². The fraction of sp³-hybridized carbons (Fsp3) is 0.370. The van der Waals surface area contributed by atoms with Gasteiger partial charge in [-0.25, -0.2) is 9.37 Å². The van der Waals surface area contributed by atoms with Gasteiger partial charge in [0.05, 0.1) is 23.4 Å². The van der Waals surface area contributed by atoms with E-state index in [-0.39, 0.29) is 11.7 Å². The van der Waals surface area contributed by atoms with Crippen LogP contribution in [0.15, 0.2) is 42.7 Å². The van der Waals surface area contributed by atoms with E-state index < -0.39 is 6.04 Å². The van der Waals surface area contributed by atoms with Crippen LogP contribution in [0.5, 0.6) is 0 Å². The molecular weight excluding hydrogens is 457 g/mol. The Kier molecular flexibility index (Phi) is 4.73. The van der Waals surface area contributed by atoms with Crippen LogP contribution in [-0.2, 0) is 7.05 Å². The highest BCUT2D eigenvalue weighted by atomic mass is 19.1. The normalized spacial score (nSPS) is 20.5. The van der Waals surface area contributed by atoms with Crippen LogP contribution in [0.3, 0.4) is 0 Å². The van der Waals surface area contributed by atoms with Gasteiger partial charge < -0.3 is 9.88 Å². The Morgan fingerprint density at radius 1 is 1.03 bits per heavy atom. The second-order valence-electron chi connectivity index (χ2n) is 10.1. The lowest BCUT2D eigenvalue weighted by Gasteiger charge is -2.36. The molecule has 0 spiro atoms. The summed E-state index contributed by atoms with van der Waals surface area (Å²) in [5, 5.41) is 4.49. The van der Waals surface area contributed by atoms with Crippen molar-refractivity contribution in [3.05, 3.63) is 71.1 Å². The van der Waals surface area contributed by atoms with E-state index >= 15 is 4.39 Å². The Morgan fingerprint density at radius 2 is 1.81 bits per heavy atom. The van der Waals surface area contributed by atoms with Gasteiger partial charge in [0.15, 0.2) is 5.69 Å². The van der Waals surface area contributed by atoms with Gasteiger partial charge in [-0.15, -0.1) is 0 Å². The van der Waals surface area contributed by atoms with Crippen LogP contribution in [0.25, 0.3) is 11.0 Å². The highest BCUT2D eigenvalue weighted by molar-refractivity contribution is 6.11. The molecule has 2 aromatic carbocycles. The first kappa shape index (κ1) is 21.6. The van der Waals surface area contributed by atoms with E-state index in [1.165, 1.54) is 12.8 Å². The molecule has 8 nitrogen and oxygen atoms in total. The zero-order valence-corrected chi connectivity index (χ0v) is 20.4. The van der Waals surface area contributed by atoms with Crippen molar-refractivity contribution >= 4 is 28.3 Å². The molecule has 1 aliphatic carbocycles. The summed E-state index contributed by atoms with van der Waals surface area (Å²) in [6, 6.07) is 11.3. The molecule has 1 amide bonds. The molecule has 9 heteroatoms. The number of halogens is 1. The van der Waals surface area contributed by atoms with Crippen molar-refractivity contribution in [2.75, 3.05) is 36.0 Å². The molecule has 1 N–H and O–H groups in total. The Bertz CT molecular complexity index is 1500. The number of hydrogen-bond acceptors (Lipinski definition) is 5. The van der Waals surface area contributed by atoms with E-state index in [1.807, 2.05) is 44.3 Å². The molecule has 1 saturated carbocycles. The number of benzene rings is 2. The highest BCUT2D eigenvalue weighted by Crippen LogP contribution is 2.44. The number of carbonyl (C=O) groups excluding carboxylic acids is 1. The summed E-state index contributed by atoms with van der Waals surface area (Å²) in [4.78, 5) is 27.5. The number of rotatable bonds is 4. The van der Waals surface area contributed by atoms with Gasteiger partial charge in [-0.3, -0.25) is 19.3 Å². The largest absolute Gasteiger partial charge is 0.369 e. The highest BCUT2D eigenvalue weighted by Gasteiger charge is 2.44. The number of aromatic nitrogens is 4. The van der Waals surface area contributed by atoms with Crippen molar-refractivity contribution < 1.29 is 9.18 Å². The Morgan fingerprint density at radius 3 is 2.56 bits per heavy atom.